The van der Waals surface area contributed by atoms with E-state index < -0.39 is 0 Å². The second kappa shape index (κ2) is 6.92. The van der Waals surface area contributed by atoms with Crippen LogP contribution in [0, 0.1) is 0 Å². The maximum atomic E-state index is 13.1. The highest BCUT2D eigenvalue weighted by molar-refractivity contribution is 7.99. The van der Waals surface area contributed by atoms with Gasteiger partial charge in [-0.3, -0.25) is 9.59 Å². The van der Waals surface area contributed by atoms with Crippen molar-refractivity contribution in [1.82, 2.24) is 4.90 Å². The van der Waals surface area contributed by atoms with Gasteiger partial charge in [-0.15, -0.1) is 11.8 Å². The fraction of sp³-hybridized carbons (Fsp3) is 0.300. The van der Waals surface area contributed by atoms with Crippen LogP contribution in [-0.4, -0.2) is 29.0 Å². The zero-order valence-electron chi connectivity index (χ0n) is 13.9. The van der Waals surface area contributed by atoms with Gasteiger partial charge in [0.1, 0.15) is 0 Å². The quantitative estimate of drug-likeness (QED) is 0.885. The summed E-state index contributed by atoms with van der Waals surface area (Å²) in [6.45, 7) is 0.774. The monoisotopic (exact) mass is 352 g/mol. The van der Waals surface area contributed by atoms with Gasteiger partial charge in [-0.25, -0.2) is 0 Å². The van der Waals surface area contributed by atoms with Gasteiger partial charge in [0.05, 0.1) is 11.7 Å². The molecule has 4 nitrogen and oxygen atoms in total. The SMILES string of the molecule is O=C1CCSc2ccc(C(=O)N3CCCC3c3ccccc3)cc2N1. The Morgan fingerprint density at radius 1 is 1.16 bits per heavy atom. The number of nitrogens with one attached hydrogen (secondary N) is 1. The van der Waals surface area contributed by atoms with Crippen LogP contribution in [0.5, 0.6) is 0 Å². The van der Waals surface area contributed by atoms with Crippen LogP contribution < -0.4 is 5.32 Å². The molecule has 1 saturated heterocycles. The lowest BCUT2D eigenvalue weighted by molar-refractivity contribution is -0.115. The minimum Gasteiger partial charge on any atom is -0.332 e. The molecule has 0 spiro atoms. The Balaban J connectivity index is 1.61. The highest BCUT2D eigenvalue weighted by atomic mass is 32.2. The Labute approximate surface area is 151 Å². The van der Waals surface area contributed by atoms with Gasteiger partial charge in [-0.2, -0.15) is 0 Å². The summed E-state index contributed by atoms with van der Waals surface area (Å²) >= 11 is 1.66. The number of benzene rings is 2. The van der Waals surface area contributed by atoms with E-state index in [1.165, 1.54) is 5.56 Å². The van der Waals surface area contributed by atoms with Gasteiger partial charge in [0.25, 0.3) is 5.91 Å². The predicted molar refractivity (Wildman–Crippen MR) is 99.9 cm³/mol. The molecule has 2 aliphatic heterocycles. The van der Waals surface area contributed by atoms with E-state index in [4.69, 9.17) is 0 Å². The third kappa shape index (κ3) is 3.29. The number of nitrogens with zero attached hydrogens (tertiary/aromatic N) is 1. The van der Waals surface area contributed by atoms with Crippen molar-refractivity contribution < 1.29 is 9.59 Å². The zero-order chi connectivity index (χ0) is 17.2. The van der Waals surface area contributed by atoms with Crippen LogP contribution in [0.2, 0.25) is 0 Å². The standard InChI is InChI=1S/C20H20N2O2S/c23-19-10-12-25-18-9-8-15(13-16(18)21-19)20(24)22-11-4-7-17(22)14-5-2-1-3-6-14/h1-3,5-6,8-9,13,17H,4,7,10-12H2,(H,21,23). The maximum absolute atomic E-state index is 13.1. The van der Waals surface area contributed by atoms with Crippen molar-refractivity contribution in [2.24, 2.45) is 0 Å². The fourth-order valence-electron chi connectivity index (χ4n) is 3.55. The summed E-state index contributed by atoms with van der Waals surface area (Å²) in [5.41, 5.74) is 2.59. The first-order valence-corrected chi connectivity index (χ1v) is 9.63. The number of carbonyl (C=O) groups excluding carboxylic acids is 2. The van der Waals surface area contributed by atoms with Gasteiger partial charge >= 0.3 is 0 Å². The summed E-state index contributed by atoms with van der Waals surface area (Å²) in [6, 6.07) is 16.0. The minimum absolute atomic E-state index is 0.0131. The predicted octanol–water partition coefficient (Wildman–Crippen LogP) is 4.10. The van der Waals surface area contributed by atoms with Gasteiger partial charge in [-0.05, 0) is 36.6 Å². The van der Waals surface area contributed by atoms with Crippen LogP contribution in [0.4, 0.5) is 5.69 Å². The molecule has 0 radical (unpaired) electrons. The fourth-order valence-corrected chi connectivity index (χ4v) is 4.49. The Hall–Kier alpha value is -2.27. The van der Waals surface area contributed by atoms with Crippen molar-refractivity contribution in [3.05, 3.63) is 59.7 Å². The van der Waals surface area contributed by atoms with E-state index in [1.54, 1.807) is 11.8 Å². The van der Waals surface area contributed by atoms with E-state index in [-0.39, 0.29) is 17.9 Å². The summed E-state index contributed by atoms with van der Waals surface area (Å²) < 4.78 is 0. The topological polar surface area (TPSA) is 49.4 Å². The molecule has 0 bridgehead atoms. The van der Waals surface area contributed by atoms with Gasteiger partial charge in [0.2, 0.25) is 5.91 Å². The molecule has 4 rings (SSSR count). The van der Waals surface area contributed by atoms with E-state index in [0.717, 1.165) is 35.7 Å². The average Bonchev–Trinajstić information content (AvgIpc) is 3.05. The summed E-state index contributed by atoms with van der Waals surface area (Å²) in [7, 11) is 0. The molecule has 2 heterocycles. The third-order valence-corrected chi connectivity index (χ3v) is 5.86. The smallest absolute Gasteiger partial charge is 0.254 e. The van der Waals surface area contributed by atoms with Crippen LogP contribution in [0.1, 0.15) is 41.2 Å². The van der Waals surface area contributed by atoms with Crippen LogP contribution in [0.25, 0.3) is 0 Å². The number of thioether (sulfide) groups is 1. The van der Waals surface area contributed by atoms with Crippen molar-refractivity contribution in [3.8, 4) is 0 Å². The number of anilines is 1. The van der Waals surface area contributed by atoms with E-state index in [2.05, 4.69) is 17.4 Å². The molecular weight excluding hydrogens is 332 g/mol. The molecule has 2 aromatic carbocycles. The first-order valence-electron chi connectivity index (χ1n) is 8.65. The number of hydrogen-bond donors (Lipinski definition) is 1. The highest BCUT2D eigenvalue weighted by Gasteiger charge is 2.30. The first kappa shape index (κ1) is 16.2. The largest absolute Gasteiger partial charge is 0.332 e. The Morgan fingerprint density at radius 2 is 2.00 bits per heavy atom. The van der Waals surface area contributed by atoms with E-state index in [9.17, 15) is 9.59 Å². The van der Waals surface area contributed by atoms with Crippen molar-refractivity contribution in [2.45, 2.75) is 30.2 Å². The number of rotatable bonds is 2. The second-order valence-electron chi connectivity index (χ2n) is 6.42. The molecule has 0 aromatic heterocycles. The highest BCUT2D eigenvalue weighted by Crippen LogP contribution is 2.35. The molecular formula is C20H20N2O2S. The molecule has 1 unspecified atom stereocenters. The second-order valence-corrected chi connectivity index (χ2v) is 7.56. The van der Waals surface area contributed by atoms with E-state index in [0.29, 0.717) is 12.0 Å². The Morgan fingerprint density at radius 3 is 2.84 bits per heavy atom. The number of hydrogen-bond acceptors (Lipinski definition) is 3. The van der Waals surface area contributed by atoms with Crippen LogP contribution in [0.3, 0.4) is 0 Å². The molecule has 128 valence electrons. The lowest BCUT2D eigenvalue weighted by atomic mass is 10.0. The lowest BCUT2D eigenvalue weighted by Gasteiger charge is -2.25. The van der Waals surface area contributed by atoms with E-state index >= 15 is 0 Å². The van der Waals surface area contributed by atoms with Crippen LogP contribution in [0.15, 0.2) is 53.4 Å². The third-order valence-electron chi connectivity index (χ3n) is 4.79. The summed E-state index contributed by atoms with van der Waals surface area (Å²) in [5, 5.41) is 2.92. The molecule has 1 atom stereocenters. The van der Waals surface area contributed by atoms with Crippen molar-refractivity contribution >= 4 is 29.3 Å². The molecule has 2 amide bonds. The molecule has 1 N–H and O–H groups in total. The molecule has 2 aliphatic rings. The van der Waals surface area contributed by atoms with E-state index in [1.807, 2.05) is 41.3 Å². The molecule has 25 heavy (non-hydrogen) atoms. The van der Waals surface area contributed by atoms with Gasteiger partial charge in [0.15, 0.2) is 0 Å². The summed E-state index contributed by atoms with van der Waals surface area (Å²) in [4.78, 5) is 27.9. The van der Waals surface area contributed by atoms with Gasteiger partial charge in [0, 0.05) is 29.2 Å². The van der Waals surface area contributed by atoms with Crippen molar-refractivity contribution in [3.63, 3.8) is 0 Å². The Kier molecular flexibility index (Phi) is 4.49. The number of carbonyl (C=O) groups is 2. The first-order chi connectivity index (χ1) is 12.2. The minimum atomic E-state index is 0.0131. The zero-order valence-corrected chi connectivity index (χ0v) is 14.7. The van der Waals surface area contributed by atoms with Crippen LogP contribution >= 0.6 is 11.8 Å². The lowest BCUT2D eigenvalue weighted by Crippen LogP contribution is -2.30. The van der Waals surface area contributed by atoms with Crippen molar-refractivity contribution in [1.29, 1.82) is 0 Å². The number of fused-ring (bicyclic) bond motifs is 1. The summed E-state index contributed by atoms with van der Waals surface area (Å²) in [6.07, 6.45) is 2.51. The molecule has 0 aliphatic carbocycles. The van der Waals surface area contributed by atoms with Crippen LogP contribution in [-0.2, 0) is 4.79 Å². The van der Waals surface area contributed by atoms with Gasteiger partial charge in [-0.1, -0.05) is 30.3 Å². The Bertz CT molecular complexity index is 807. The average molecular weight is 352 g/mol. The molecule has 5 heteroatoms. The van der Waals surface area contributed by atoms with Gasteiger partial charge < -0.3 is 10.2 Å². The molecule has 1 fully saturated rings. The van der Waals surface area contributed by atoms with Crippen molar-refractivity contribution in [2.75, 3.05) is 17.6 Å². The molecule has 0 saturated carbocycles. The normalized spacial score (nSPS) is 19.9. The maximum Gasteiger partial charge on any atom is 0.254 e. The summed E-state index contributed by atoms with van der Waals surface area (Å²) in [5.74, 6) is 0.825. The molecule has 2 aromatic rings. The number of likely N-dealkylation sites (tertiary alicyclic amines) is 1. The number of amides is 2.